The minimum Gasteiger partial charge on any atom is -0.378 e. The van der Waals surface area contributed by atoms with Crippen molar-refractivity contribution in [3.05, 3.63) is 58.4 Å². The van der Waals surface area contributed by atoms with Gasteiger partial charge < -0.3 is 10.7 Å². The van der Waals surface area contributed by atoms with Gasteiger partial charge in [-0.2, -0.15) is 0 Å². The zero-order chi connectivity index (χ0) is 14.5. The van der Waals surface area contributed by atoms with E-state index in [0.29, 0.717) is 11.4 Å². The molecule has 0 amide bonds. The lowest BCUT2D eigenvalue weighted by molar-refractivity contribution is -0.384. The summed E-state index contributed by atoms with van der Waals surface area (Å²) in [6.07, 6.45) is 3.44. The highest BCUT2D eigenvalue weighted by Crippen LogP contribution is 2.26. The van der Waals surface area contributed by atoms with Crippen molar-refractivity contribution < 1.29 is 4.92 Å². The maximum absolute atomic E-state index is 10.9. The van der Waals surface area contributed by atoms with Gasteiger partial charge in [0.25, 0.3) is 5.69 Å². The fourth-order valence-corrected chi connectivity index (χ4v) is 1.85. The van der Waals surface area contributed by atoms with Gasteiger partial charge in [0.15, 0.2) is 0 Å². The lowest BCUT2D eigenvalue weighted by Crippen LogP contribution is -2.10. The molecule has 0 spiro atoms. The third-order valence-electron chi connectivity index (χ3n) is 2.86. The zero-order valence-electron chi connectivity index (χ0n) is 10.9. The fourth-order valence-electron chi connectivity index (χ4n) is 1.85. The molecule has 0 bridgehead atoms. The number of nitro benzene ring substituents is 1. The number of nitrogens with two attached hydrogens (primary N) is 1. The summed E-state index contributed by atoms with van der Waals surface area (Å²) >= 11 is 0. The van der Waals surface area contributed by atoms with Crippen LogP contribution in [-0.4, -0.2) is 9.91 Å². The Morgan fingerprint density at radius 2 is 2.10 bits per heavy atom. The summed E-state index contributed by atoms with van der Waals surface area (Å²) in [6.45, 7) is 1.95. The quantitative estimate of drug-likeness (QED) is 0.439. The van der Waals surface area contributed by atoms with E-state index in [1.807, 2.05) is 19.1 Å². The second kappa shape index (κ2) is 5.98. The topological polar surface area (TPSA) is 106 Å². The first kappa shape index (κ1) is 13.8. The maximum Gasteiger partial charge on any atom is 0.273 e. The number of aromatic nitrogens is 1. The van der Waals surface area contributed by atoms with Crippen molar-refractivity contribution in [2.45, 2.75) is 13.0 Å². The molecule has 0 fully saturated rings. The van der Waals surface area contributed by atoms with E-state index < -0.39 is 4.92 Å². The second-order valence-electron chi connectivity index (χ2n) is 4.32. The minimum atomic E-state index is -0.458. The predicted molar refractivity (Wildman–Crippen MR) is 77.2 cm³/mol. The molecule has 1 heterocycles. The number of nitrogen functional groups attached to an aromatic ring is 1. The van der Waals surface area contributed by atoms with Gasteiger partial charge in [0, 0.05) is 30.2 Å². The Hall–Kier alpha value is -2.67. The monoisotopic (exact) mass is 273 g/mol. The first-order valence-corrected chi connectivity index (χ1v) is 6.02. The van der Waals surface area contributed by atoms with Crippen LogP contribution < -0.4 is 16.6 Å². The van der Waals surface area contributed by atoms with Crippen LogP contribution in [0.1, 0.15) is 18.5 Å². The number of pyridine rings is 1. The Bertz CT molecular complexity index is 603. The average molecular weight is 273 g/mol. The average Bonchev–Trinajstić information content (AvgIpc) is 2.47. The summed E-state index contributed by atoms with van der Waals surface area (Å²) in [5.41, 5.74) is 4.47. The molecule has 0 aliphatic heterocycles. The molecule has 0 saturated heterocycles. The zero-order valence-corrected chi connectivity index (χ0v) is 10.9. The maximum atomic E-state index is 10.9. The highest BCUT2D eigenvalue weighted by atomic mass is 16.6. The molecule has 0 saturated carbocycles. The van der Waals surface area contributed by atoms with Crippen molar-refractivity contribution in [1.82, 2.24) is 4.98 Å². The molecule has 0 radical (unpaired) electrons. The summed E-state index contributed by atoms with van der Waals surface area (Å²) in [7, 11) is 0. The molecule has 1 aromatic heterocycles. The fraction of sp³-hybridized carbons (Fsp3) is 0.154. The number of rotatable bonds is 5. The summed E-state index contributed by atoms with van der Waals surface area (Å²) < 4.78 is 0. The molecule has 104 valence electrons. The SMILES string of the molecule is CC(Nc1cc(NN)cc([N+](=O)[O-])c1)c1cccnc1. The van der Waals surface area contributed by atoms with Gasteiger partial charge in [0.1, 0.15) is 0 Å². The first-order valence-electron chi connectivity index (χ1n) is 6.02. The van der Waals surface area contributed by atoms with Crippen LogP contribution in [0.3, 0.4) is 0 Å². The van der Waals surface area contributed by atoms with E-state index in [-0.39, 0.29) is 11.7 Å². The van der Waals surface area contributed by atoms with Crippen molar-refractivity contribution in [2.75, 3.05) is 10.7 Å². The van der Waals surface area contributed by atoms with Gasteiger partial charge in [-0.15, -0.1) is 0 Å². The van der Waals surface area contributed by atoms with Crippen LogP contribution in [0.2, 0.25) is 0 Å². The Balaban J connectivity index is 2.24. The van der Waals surface area contributed by atoms with Crippen LogP contribution in [0.25, 0.3) is 0 Å². The molecular weight excluding hydrogens is 258 g/mol. The molecule has 1 atom stereocenters. The molecule has 20 heavy (non-hydrogen) atoms. The number of nitrogens with one attached hydrogen (secondary N) is 2. The number of nitrogens with zero attached hydrogens (tertiary/aromatic N) is 2. The highest BCUT2D eigenvalue weighted by Gasteiger charge is 2.11. The Kier molecular flexibility index (Phi) is 4.11. The van der Waals surface area contributed by atoms with Crippen LogP contribution in [-0.2, 0) is 0 Å². The van der Waals surface area contributed by atoms with Crippen LogP contribution in [0, 0.1) is 10.1 Å². The number of hydrogen-bond acceptors (Lipinski definition) is 6. The smallest absolute Gasteiger partial charge is 0.273 e. The third-order valence-corrected chi connectivity index (χ3v) is 2.86. The number of benzene rings is 1. The lowest BCUT2D eigenvalue weighted by atomic mass is 10.1. The van der Waals surface area contributed by atoms with E-state index in [1.54, 1.807) is 18.5 Å². The van der Waals surface area contributed by atoms with Crippen LogP contribution >= 0.6 is 0 Å². The Morgan fingerprint density at radius 1 is 1.35 bits per heavy atom. The van der Waals surface area contributed by atoms with E-state index in [0.717, 1.165) is 5.56 Å². The standard InChI is InChI=1S/C13H15N5O2/c1-9(10-3-2-4-15-8-10)16-11-5-12(17-14)7-13(6-11)18(19)20/h2-9,16-17H,14H2,1H3. The van der Waals surface area contributed by atoms with E-state index in [2.05, 4.69) is 15.7 Å². The van der Waals surface area contributed by atoms with Gasteiger partial charge in [-0.3, -0.25) is 20.9 Å². The van der Waals surface area contributed by atoms with Gasteiger partial charge in [-0.05, 0) is 24.6 Å². The van der Waals surface area contributed by atoms with Crippen molar-refractivity contribution in [2.24, 2.45) is 5.84 Å². The van der Waals surface area contributed by atoms with Gasteiger partial charge in [-0.25, -0.2) is 0 Å². The second-order valence-corrected chi connectivity index (χ2v) is 4.32. The van der Waals surface area contributed by atoms with E-state index >= 15 is 0 Å². The molecule has 7 heteroatoms. The number of non-ortho nitro benzene ring substituents is 1. The summed E-state index contributed by atoms with van der Waals surface area (Å²) in [5, 5.41) is 14.1. The largest absolute Gasteiger partial charge is 0.378 e. The molecule has 0 aliphatic carbocycles. The summed E-state index contributed by atoms with van der Waals surface area (Å²) in [6, 6.07) is 8.29. The van der Waals surface area contributed by atoms with Gasteiger partial charge in [0.05, 0.1) is 16.7 Å². The Labute approximate surface area is 116 Å². The van der Waals surface area contributed by atoms with Crippen molar-refractivity contribution in [3.63, 3.8) is 0 Å². The minimum absolute atomic E-state index is 0.0265. The summed E-state index contributed by atoms with van der Waals surface area (Å²) in [5.74, 6) is 5.32. The van der Waals surface area contributed by atoms with Crippen molar-refractivity contribution >= 4 is 17.1 Å². The first-order chi connectivity index (χ1) is 9.60. The molecule has 0 aliphatic rings. The molecule has 4 N–H and O–H groups in total. The number of anilines is 2. The molecule has 2 rings (SSSR count). The summed E-state index contributed by atoms with van der Waals surface area (Å²) in [4.78, 5) is 14.5. The van der Waals surface area contributed by atoms with Gasteiger partial charge in [0.2, 0.25) is 0 Å². The molecule has 1 aromatic carbocycles. The van der Waals surface area contributed by atoms with Gasteiger partial charge >= 0.3 is 0 Å². The van der Waals surface area contributed by atoms with E-state index in [9.17, 15) is 10.1 Å². The highest BCUT2D eigenvalue weighted by molar-refractivity contribution is 5.63. The van der Waals surface area contributed by atoms with E-state index in [1.165, 1.54) is 12.1 Å². The van der Waals surface area contributed by atoms with Crippen molar-refractivity contribution in [1.29, 1.82) is 0 Å². The van der Waals surface area contributed by atoms with Crippen LogP contribution in [0.4, 0.5) is 17.1 Å². The number of hydrogen-bond donors (Lipinski definition) is 3. The number of nitro groups is 1. The molecule has 2 aromatic rings. The van der Waals surface area contributed by atoms with Crippen LogP contribution in [0.15, 0.2) is 42.7 Å². The van der Waals surface area contributed by atoms with E-state index in [4.69, 9.17) is 5.84 Å². The molecular formula is C13H15N5O2. The third kappa shape index (κ3) is 3.21. The van der Waals surface area contributed by atoms with Gasteiger partial charge in [-0.1, -0.05) is 6.07 Å². The molecule has 1 unspecified atom stereocenters. The molecule has 7 nitrogen and oxygen atoms in total. The predicted octanol–water partition coefficient (Wildman–Crippen LogP) is 2.45. The lowest BCUT2D eigenvalue weighted by Gasteiger charge is -2.16. The Morgan fingerprint density at radius 3 is 2.70 bits per heavy atom. The van der Waals surface area contributed by atoms with Crippen molar-refractivity contribution in [3.8, 4) is 0 Å². The normalized spacial score (nSPS) is 11.7. The number of hydrazine groups is 1. The van der Waals surface area contributed by atoms with Crippen LogP contribution in [0.5, 0.6) is 0 Å².